The zero-order valence-corrected chi connectivity index (χ0v) is 14.0. The van der Waals surface area contributed by atoms with E-state index in [2.05, 4.69) is 20.5 Å². The molecule has 26 heavy (non-hydrogen) atoms. The molecule has 0 saturated carbocycles. The third-order valence-electron chi connectivity index (χ3n) is 4.10. The fourth-order valence-corrected chi connectivity index (χ4v) is 2.72. The number of amides is 1. The van der Waals surface area contributed by atoms with E-state index < -0.39 is 0 Å². The fourth-order valence-electron chi connectivity index (χ4n) is 2.72. The summed E-state index contributed by atoms with van der Waals surface area (Å²) in [6, 6.07) is 13.0. The number of nitrogens with zero attached hydrogens (tertiary/aromatic N) is 2. The Morgan fingerprint density at radius 3 is 2.46 bits per heavy atom. The Bertz CT molecular complexity index is 851. The summed E-state index contributed by atoms with van der Waals surface area (Å²) in [7, 11) is 0. The molecule has 7 nitrogen and oxygen atoms in total. The number of H-pyrrole nitrogens is 1. The van der Waals surface area contributed by atoms with Gasteiger partial charge in [-0.3, -0.25) is 14.9 Å². The van der Waals surface area contributed by atoms with Crippen LogP contribution in [0.4, 0.5) is 0 Å². The van der Waals surface area contributed by atoms with E-state index in [9.17, 15) is 4.79 Å². The fraction of sp³-hybridized carbons (Fsp3) is 0.211. The SMILES string of the molecule is O=C1CC[C@@H](Oc2ccc(Oc3ccc(-c4ccn[nH]4)nc3)cc2)CN1. The van der Waals surface area contributed by atoms with Crippen LogP contribution in [-0.2, 0) is 4.79 Å². The van der Waals surface area contributed by atoms with Crippen molar-refractivity contribution in [1.82, 2.24) is 20.5 Å². The largest absolute Gasteiger partial charge is 0.489 e. The minimum Gasteiger partial charge on any atom is -0.489 e. The van der Waals surface area contributed by atoms with Crippen molar-refractivity contribution >= 4 is 5.91 Å². The van der Waals surface area contributed by atoms with Gasteiger partial charge in [0.25, 0.3) is 0 Å². The number of hydrogen-bond donors (Lipinski definition) is 2. The Hall–Kier alpha value is -3.35. The van der Waals surface area contributed by atoms with Crippen LogP contribution in [0.1, 0.15) is 12.8 Å². The van der Waals surface area contributed by atoms with Gasteiger partial charge < -0.3 is 14.8 Å². The molecule has 2 N–H and O–H groups in total. The van der Waals surface area contributed by atoms with Crippen molar-refractivity contribution in [3.63, 3.8) is 0 Å². The molecule has 3 aromatic rings. The molecule has 7 heteroatoms. The summed E-state index contributed by atoms with van der Waals surface area (Å²) in [4.78, 5) is 15.5. The molecule has 1 aliphatic heterocycles. The summed E-state index contributed by atoms with van der Waals surface area (Å²) < 4.78 is 11.7. The van der Waals surface area contributed by atoms with Crippen LogP contribution in [0, 0.1) is 0 Å². The lowest BCUT2D eigenvalue weighted by Gasteiger charge is -2.23. The maximum Gasteiger partial charge on any atom is 0.220 e. The number of hydrogen-bond acceptors (Lipinski definition) is 5. The van der Waals surface area contributed by atoms with Crippen LogP contribution in [0.5, 0.6) is 17.2 Å². The zero-order chi connectivity index (χ0) is 17.8. The molecule has 1 saturated heterocycles. The first kappa shape index (κ1) is 16.1. The first-order valence-corrected chi connectivity index (χ1v) is 8.43. The molecule has 1 aromatic carbocycles. The highest BCUT2D eigenvalue weighted by molar-refractivity contribution is 5.76. The Balaban J connectivity index is 1.36. The molecule has 0 spiro atoms. The number of carbonyl (C=O) groups is 1. The smallest absolute Gasteiger partial charge is 0.220 e. The van der Waals surface area contributed by atoms with Crippen molar-refractivity contribution in [2.45, 2.75) is 18.9 Å². The summed E-state index contributed by atoms with van der Waals surface area (Å²) in [5.74, 6) is 2.19. The van der Waals surface area contributed by atoms with Gasteiger partial charge >= 0.3 is 0 Å². The lowest BCUT2D eigenvalue weighted by atomic mass is 10.1. The molecular formula is C19H18N4O3. The van der Waals surface area contributed by atoms with Gasteiger partial charge in [-0.05, 0) is 48.9 Å². The third-order valence-corrected chi connectivity index (χ3v) is 4.10. The summed E-state index contributed by atoms with van der Waals surface area (Å²) in [5.41, 5.74) is 1.66. The quantitative estimate of drug-likeness (QED) is 0.738. The monoisotopic (exact) mass is 350 g/mol. The summed E-state index contributed by atoms with van der Waals surface area (Å²) in [5, 5.41) is 9.60. The molecule has 1 atom stereocenters. The molecule has 1 aliphatic rings. The van der Waals surface area contributed by atoms with Gasteiger partial charge in [0.05, 0.1) is 24.1 Å². The Kier molecular flexibility index (Phi) is 4.51. The van der Waals surface area contributed by atoms with Gasteiger partial charge in [-0.2, -0.15) is 5.10 Å². The van der Waals surface area contributed by atoms with Gasteiger partial charge in [-0.15, -0.1) is 0 Å². The molecular weight excluding hydrogens is 332 g/mol. The highest BCUT2D eigenvalue weighted by Crippen LogP contribution is 2.25. The maximum atomic E-state index is 11.2. The Morgan fingerprint density at radius 1 is 1.00 bits per heavy atom. The van der Waals surface area contributed by atoms with E-state index in [-0.39, 0.29) is 12.0 Å². The Labute approximate surface area is 150 Å². The number of aromatic amines is 1. The topological polar surface area (TPSA) is 89.1 Å². The van der Waals surface area contributed by atoms with Crippen LogP contribution in [0.15, 0.2) is 54.9 Å². The molecule has 132 valence electrons. The number of ether oxygens (including phenoxy) is 2. The normalized spacial score (nSPS) is 16.8. The van der Waals surface area contributed by atoms with Crippen molar-refractivity contribution in [2.75, 3.05) is 6.54 Å². The number of aromatic nitrogens is 3. The van der Waals surface area contributed by atoms with Crippen molar-refractivity contribution < 1.29 is 14.3 Å². The van der Waals surface area contributed by atoms with Crippen LogP contribution in [-0.4, -0.2) is 33.7 Å². The minimum absolute atomic E-state index is 0.0127. The number of pyridine rings is 1. The van der Waals surface area contributed by atoms with E-state index >= 15 is 0 Å². The molecule has 0 unspecified atom stereocenters. The number of nitrogens with one attached hydrogen (secondary N) is 2. The zero-order valence-electron chi connectivity index (χ0n) is 14.0. The standard InChI is InChI=1S/C19H18N4O3/c24-19-8-6-16(12-21-19)26-14-3-1-13(2-4-14)25-15-5-7-17(20-11-15)18-9-10-22-23-18/h1-5,7,9-11,16H,6,8,12H2,(H,21,24)(H,22,23)/t16-/m1/s1. The van der Waals surface area contributed by atoms with Gasteiger partial charge in [-0.1, -0.05) is 0 Å². The number of carbonyl (C=O) groups excluding carboxylic acids is 1. The van der Waals surface area contributed by atoms with E-state index in [0.717, 1.165) is 23.6 Å². The van der Waals surface area contributed by atoms with E-state index in [0.29, 0.717) is 24.5 Å². The van der Waals surface area contributed by atoms with E-state index in [1.54, 1.807) is 12.4 Å². The van der Waals surface area contributed by atoms with Crippen molar-refractivity contribution in [3.05, 3.63) is 54.9 Å². The first-order chi connectivity index (χ1) is 12.8. The number of benzene rings is 1. The molecule has 0 aliphatic carbocycles. The molecule has 1 amide bonds. The van der Waals surface area contributed by atoms with Crippen LogP contribution < -0.4 is 14.8 Å². The van der Waals surface area contributed by atoms with Gasteiger partial charge in [0.15, 0.2) is 0 Å². The van der Waals surface area contributed by atoms with Crippen molar-refractivity contribution in [3.8, 4) is 28.6 Å². The third kappa shape index (κ3) is 3.83. The molecule has 1 fully saturated rings. The summed E-state index contributed by atoms with van der Waals surface area (Å²) >= 11 is 0. The highest BCUT2D eigenvalue weighted by Gasteiger charge is 2.19. The van der Waals surface area contributed by atoms with E-state index in [4.69, 9.17) is 9.47 Å². The second-order valence-corrected chi connectivity index (χ2v) is 6.01. The van der Waals surface area contributed by atoms with Crippen LogP contribution in [0.3, 0.4) is 0 Å². The van der Waals surface area contributed by atoms with Crippen LogP contribution >= 0.6 is 0 Å². The number of piperidine rings is 1. The van der Waals surface area contributed by atoms with Gasteiger partial charge in [-0.25, -0.2) is 0 Å². The average molecular weight is 350 g/mol. The minimum atomic E-state index is 0.0127. The van der Waals surface area contributed by atoms with Crippen LogP contribution in [0.2, 0.25) is 0 Å². The molecule has 2 aromatic heterocycles. The lowest BCUT2D eigenvalue weighted by Crippen LogP contribution is -2.40. The second-order valence-electron chi connectivity index (χ2n) is 6.01. The maximum absolute atomic E-state index is 11.2. The van der Waals surface area contributed by atoms with Crippen LogP contribution in [0.25, 0.3) is 11.4 Å². The van der Waals surface area contributed by atoms with Crippen molar-refractivity contribution in [2.24, 2.45) is 0 Å². The van der Waals surface area contributed by atoms with Crippen molar-refractivity contribution in [1.29, 1.82) is 0 Å². The molecule has 0 radical (unpaired) electrons. The second kappa shape index (κ2) is 7.26. The lowest BCUT2D eigenvalue weighted by molar-refractivity contribution is -0.123. The summed E-state index contributed by atoms with van der Waals surface area (Å²) in [6.45, 7) is 0.547. The Morgan fingerprint density at radius 2 is 1.81 bits per heavy atom. The van der Waals surface area contributed by atoms with Gasteiger partial charge in [0.1, 0.15) is 23.4 Å². The molecule has 0 bridgehead atoms. The number of rotatable bonds is 5. The van der Waals surface area contributed by atoms with E-state index in [1.807, 2.05) is 42.5 Å². The predicted octanol–water partition coefficient (Wildman–Crippen LogP) is 2.92. The van der Waals surface area contributed by atoms with E-state index in [1.165, 1.54) is 0 Å². The highest BCUT2D eigenvalue weighted by atomic mass is 16.5. The molecule has 3 heterocycles. The average Bonchev–Trinajstić information content (AvgIpc) is 3.21. The van der Waals surface area contributed by atoms with Gasteiger partial charge in [0.2, 0.25) is 5.91 Å². The molecule has 4 rings (SSSR count). The first-order valence-electron chi connectivity index (χ1n) is 8.43. The predicted molar refractivity (Wildman–Crippen MR) is 95.0 cm³/mol. The summed E-state index contributed by atoms with van der Waals surface area (Å²) in [6.07, 6.45) is 4.61. The van der Waals surface area contributed by atoms with Gasteiger partial charge in [0, 0.05) is 12.6 Å².